The summed E-state index contributed by atoms with van der Waals surface area (Å²) in [4.78, 5) is 13.7. The molecule has 0 radical (unpaired) electrons. The van der Waals surface area contributed by atoms with Crippen LogP contribution >= 0.6 is 0 Å². The van der Waals surface area contributed by atoms with Gasteiger partial charge in [0.1, 0.15) is 9.84 Å². The SMILES string of the molecule is CC(C)N(C)CCNC(=O)C(N)CCS(C)(=O)=O. The van der Waals surface area contributed by atoms with Crippen molar-refractivity contribution in [3.63, 3.8) is 0 Å². The second-order valence-corrected chi connectivity index (χ2v) is 7.15. The lowest BCUT2D eigenvalue weighted by atomic mass is 10.2. The molecule has 1 amide bonds. The van der Waals surface area contributed by atoms with Crippen LogP contribution in [0, 0.1) is 0 Å². The van der Waals surface area contributed by atoms with Crippen LogP contribution in [0.15, 0.2) is 0 Å². The highest BCUT2D eigenvalue weighted by molar-refractivity contribution is 7.90. The van der Waals surface area contributed by atoms with Gasteiger partial charge in [-0.05, 0) is 27.3 Å². The lowest BCUT2D eigenvalue weighted by molar-refractivity contribution is -0.122. The van der Waals surface area contributed by atoms with Crippen molar-refractivity contribution >= 4 is 15.7 Å². The maximum atomic E-state index is 11.6. The lowest BCUT2D eigenvalue weighted by Gasteiger charge is -2.21. The summed E-state index contributed by atoms with van der Waals surface area (Å²) in [6, 6.07) is -0.343. The lowest BCUT2D eigenvalue weighted by Crippen LogP contribution is -2.44. The van der Waals surface area contributed by atoms with Crippen LogP contribution < -0.4 is 11.1 Å². The van der Waals surface area contributed by atoms with E-state index in [1.165, 1.54) is 0 Å². The highest BCUT2D eigenvalue weighted by Crippen LogP contribution is 1.95. The van der Waals surface area contributed by atoms with E-state index < -0.39 is 15.9 Å². The first-order valence-electron chi connectivity index (χ1n) is 6.04. The van der Waals surface area contributed by atoms with Crippen LogP contribution in [-0.4, -0.2) is 63.5 Å². The quantitative estimate of drug-likeness (QED) is 0.607. The van der Waals surface area contributed by atoms with Gasteiger partial charge in [0, 0.05) is 25.4 Å². The topological polar surface area (TPSA) is 92.5 Å². The van der Waals surface area contributed by atoms with E-state index in [4.69, 9.17) is 5.73 Å². The highest BCUT2D eigenvalue weighted by atomic mass is 32.2. The average Bonchev–Trinajstić information content (AvgIpc) is 2.24. The van der Waals surface area contributed by atoms with E-state index in [2.05, 4.69) is 24.1 Å². The molecule has 0 aromatic carbocycles. The zero-order valence-corrected chi connectivity index (χ0v) is 12.5. The normalized spacial score (nSPS) is 13.9. The number of nitrogens with one attached hydrogen (secondary N) is 1. The molecule has 0 aliphatic rings. The van der Waals surface area contributed by atoms with E-state index in [1.807, 2.05) is 7.05 Å². The zero-order chi connectivity index (χ0) is 14.3. The largest absolute Gasteiger partial charge is 0.353 e. The molecule has 108 valence electrons. The molecule has 0 rings (SSSR count). The fraction of sp³-hybridized carbons (Fsp3) is 0.909. The molecule has 18 heavy (non-hydrogen) atoms. The molecule has 3 N–H and O–H groups in total. The summed E-state index contributed by atoms with van der Waals surface area (Å²) in [5, 5.41) is 2.70. The number of amides is 1. The molecule has 1 atom stereocenters. The first kappa shape index (κ1) is 17.3. The first-order valence-corrected chi connectivity index (χ1v) is 8.11. The van der Waals surface area contributed by atoms with Crippen molar-refractivity contribution in [3.05, 3.63) is 0 Å². The number of nitrogens with zero attached hydrogens (tertiary/aromatic N) is 1. The summed E-state index contributed by atoms with van der Waals surface area (Å²) in [5.74, 6) is -0.358. The molecule has 0 aliphatic carbocycles. The number of hydrogen-bond acceptors (Lipinski definition) is 5. The summed E-state index contributed by atoms with van der Waals surface area (Å²) in [6.45, 7) is 5.39. The fourth-order valence-electron chi connectivity index (χ4n) is 1.22. The molecule has 0 fully saturated rings. The van der Waals surface area contributed by atoms with Crippen molar-refractivity contribution in [2.45, 2.75) is 32.4 Å². The average molecular weight is 279 g/mol. The Hall–Kier alpha value is -0.660. The summed E-state index contributed by atoms with van der Waals surface area (Å²) in [7, 11) is -1.09. The predicted molar refractivity (Wildman–Crippen MR) is 73.1 cm³/mol. The van der Waals surface area contributed by atoms with Crippen molar-refractivity contribution in [2.24, 2.45) is 5.73 Å². The van der Waals surface area contributed by atoms with E-state index in [1.54, 1.807) is 0 Å². The van der Waals surface area contributed by atoms with Gasteiger partial charge < -0.3 is 16.0 Å². The predicted octanol–water partition coefficient (Wildman–Crippen LogP) is -0.795. The van der Waals surface area contributed by atoms with E-state index in [0.29, 0.717) is 12.6 Å². The van der Waals surface area contributed by atoms with E-state index >= 15 is 0 Å². The third kappa shape index (κ3) is 8.43. The van der Waals surface area contributed by atoms with Gasteiger partial charge in [-0.3, -0.25) is 4.79 Å². The second-order valence-electron chi connectivity index (χ2n) is 4.89. The maximum absolute atomic E-state index is 11.6. The number of sulfone groups is 1. The highest BCUT2D eigenvalue weighted by Gasteiger charge is 2.15. The first-order chi connectivity index (χ1) is 8.13. The molecule has 6 nitrogen and oxygen atoms in total. The van der Waals surface area contributed by atoms with Gasteiger partial charge >= 0.3 is 0 Å². The summed E-state index contributed by atoms with van der Waals surface area (Å²) in [5.41, 5.74) is 5.61. The van der Waals surface area contributed by atoms with Crippen LogP contribution in [0.4, 0.5) is 0 Å². The van der Waals surface area contributed by atoms with Crippen LogP contribution in [0.3, 0.4) is 0 Å². The van der Waals surface area contributed by atoms with Gasteiger partial charge in [0.15, 0.2) is 0 Å². The molecule has 0 heterocycles. The molecule has 0 aromatic rings. The van der Waals surface area contributed by atoms with Crippen molar-refractivity contribution in [1.29, 1.82) is 0 Å². The molecule has 0 saturated heterocycles. The van der Waals surface area contributed by atoms with Crippen LogP contribution in [0.5, 0.6) is 0 Å². The molecule has 0 aliphatic heterocycles. The number of rotatable bonds is 8. The standard InChI is InChI=1S/C11H25N3O3S/c1-9(2)14(3)7-6-13-11(15)10(12)5-8-18(4,16)17/h9-10H,5-8,12H2,1-4H3,(H,13,15). The summed E-state index contributed by atoms with van der Waals surface area (Å²) >= 11 is 0. The summed E-state index contributed by atoms with van der Waals surface area (Å²) < 4.78 is 21.9. The third-order valence-electron chi connectivity index (χ3n) is 2.78. The zero-order valence-electron chi connectivity index (χ0n) is 11.6. The Morgan fingerprint density at radius 2 is 1.94 bits per heavy atom. The minimum Gasteiger partial charge on any atom is -0.353 e. The Labute approximate surface area is 110 Å². The Balaban J connectivity index is 3.88. The van der Waals surface area contributed by atoms with Crippen molar-refractivity contribution < 1.29 is 13.2 Å². The van der Waals surface area contributed by atoms with Gasteiger partial charge in [-0.1, -0.05) is 0 Å². The minimum atomic E-state index is -3.07. The Kier molecular flexibility index (Phi) is 7.42. The fourth-order valence-corrected chi connectivity index (χ4v) is 1.90. The van der Waals surface area contributed by atoms with Gasteiger partial charge in [-0.2, -0.15) is 0 Å². The third-order valence-corrected chi connectivity index (χ3v) is 3.76. The van der Waals surface area contributed by atoms with Crippen LogP contribution in [0.2, 0.25) is 0 Å². The second kappa shape index (κ2) is 7.70. The van der Waals surface area contributed by atoms with Gasteiger partial charge in [-0.25, -0.2) is 8.42 Å². The molecular formula is C11H25N3O3S. The van der Waals surface area contributed by atoms with Crippen LogP contribution in [-0.2, 0) is 14.6 Å². The molecular weight excluding hydrogens is 254 g/mol. The summed E-state index contributed by atoms with van der Waals surface area (Å²) in [6.07, 6.45) is 1.29. The van der Waals surface area contributed by atoms with Gasteiger partial charge in [0.05, 0.1) is 11.8 Å². The molecule has 0 aromatic heterocycles. The van der Waals surface area contributed by atoms with Gasteiger partial charge in [0.2, 0.25) is 5.91 Å². The number of likely N-dealkylation sites (N-methyl/N-ethyl adjacent to an activating group) is 1. The Morgan fingerprint density at radius 3 is 2.39 bits per heavy atom. The minimum absolute atomic E-state index is 0.0620. The molecule has 1 unspecified atom stereocenters. The van der Waals surface area contributed by atoms with Gasteiger partial charge in [-0.15, -0.1) is 0 Å². The maximum Gasteiger partial charge on any atom is 0.236 e. The van der Waals surface area contributed by atoms with Crippen molar-refractivity contribution in [2.75, 3.05) is 32.1 Å². The number of nitrogens with two attached hydrogens (primary N) is 1. The smallest absolute Gasteiger partial charge is 0.236 e. The molecule has 7 heteroatoms. The van der Waals surface area contributed by atoms with Crippen molar-refractivity contribution in [3.8, 4) is 0 Å². The Bertz CT molecular complexity index is 355. The van der Waals surface area contributed by atoms with E-state index in [0.717, 1.165) is 12.8 Å². The van der Waals surface area contributed by atoms with Gasteiger partial charge in [0.25, 0.3) is 0 Å². The number of hydrogen-bond donors (Lipinski definition) is 2. The molecule has 0 spiro atoms. The Morgan fingerprint density at radius 1 is 1.39 bits per heavy atom. The van der Waals surface area contributed by atoms with Crippen molar-refractivity contribution in [1.82, 2.24) is 10.2 Å². The van der Waals surface area contributed by atoms with E-state index in [9.17, 15) is 13.2 Å². The van der Waals surface area contributed by atoms with E-state index in [-0.39, 0.29) is 18.1 Å². The monoisotopic (exact) mass is 279 g/mol. The number of carbonyl (C=O) groups is 1. The number of carbonyl (C=O) groups excluding carboxylic acids is 1. The molecule has 0 saturated carbocycles. The van der Waals surface area contributed by atoms with Crippen LogP contribution in [0.25, 0.3) is 0 Å². The molecule has 0 bridgehead atoms. The van der Waals surface area contributed by atoms with Crippen LogP contribution in [0.1, 0.15) is 20.3 Å².